The van der Waals surface area contributed by atoms with E-state index in [9.17, 15) is 0 Å². The van der Waals surface area contributed by atoms with Gasteiger partial charge in [0.2, 0.25) is 0 Å². The third-order valence-corrected chi connectivity index (χ3v) is 6.37. The standard InChI is InChI=1S/C27H22N6O/c1-3-18-14-25(27-30-9-10-31-27)34-24(18)13-16(1)20-5-6-21(32-15-20)23-11-17-2-4-19(12-22(17)33-23)26-28-7-8-29-26/h1-6,11-15,33H,7-10H2,(H,28,29)(H,30,31). The van der Waals surface area contributed by atoms with Gasteiger partial charge in [-0.2, -0.15) is 0 Å². The van der Waals surface area contributed by atoms with Crippen LogP contribution in [0.25, 0.3) is 44.4 Å². The van der Waals surface area contributed by atoms with E-state index in [1.165, 1.54) is 0 Å². The molecule has 2 aliphatic heterocycles. The van der Waals surface area contributed by atoms with Gasteiger partial charge in [-0.25, -0.2) is 0 Å². The Hall–Kier alpha value is -4.39. The van der Waals surface area contributed by atoms with Crippen LogP contribution in [0.15, 0.2) is 81.3 Å². The molecular weight excluding hydrogens is 424 g/mol. The first kappa shape index (κ1) is 19.1. The van der Waals surface area contributed by atoms with E-state index in [0.29, 0.717) is 0 Å². The molecule has 0 radical (unpaired) electrons. The molecule has 0 fully saturated rings. The zero-order valence-electron chi connectivity index (χ0n) is 18.4. The summed E-state index contributed by atoms with van der Waals surface area (Å²) >= 11 is 0. The molecule has 2 aliphatic rings. The Balaban J connectivity index is 1.18. The van der Waals surface area contributed by atoms with E-state index in [2.05, 4.69) is 80.2 Å². The van der Waals surface area contributed by atoms with Gasteiger partial charge in [0.1, 0.15) is 11.4 Å². The van der Waals surface area contributed by atoms with Crippen LogP contribution in [0.5, 0.6) is 0 Å². The Morgan fingerprint density at radius 3 is 2.29 bits per heavy atom. The van der Waals surface area contributed by atoms with E-state index >= 15 is 0 Å². The van der Waals surface area contributed by atoms with Crippen molar-refractivity contribution in [2.24, 2.45) is 9.98 Å². The summed E-state index contributed by atoms with van der Waals surface area (Å²) in [5.41, 5.74) is 7.05. The van der Waals surface area contributed by atoms with Crippen LogP contribution >= 0.6 is 0 Å². The molecule has 7 nitrogen and oxygen atoms in total. The highest BCUT2D eigenvalue weighted by Gasteiger charge is 2.14. The fraction of sp³-hybridized carbons (Fsp3) is 0.148. The highest BCUT2D eigenvalue weighted by Crippen LogP contribution is 2.29. The number of hydrogen-bond acceptors (Lipinski definition) is 6. The van der Waals surface area contributed by atoms with Gasteiger partial charge < -0.3 is 20.0 Å². The molecule has 0 saturated carbocycles. The van der Waals surface area contributed by atoms with Gasteiger partial charge in [-0.1, -0.05) is 30.3 Å². The van der Waals surface area contributed by atoms with Crippen molar-refractivity contribution in [1.29, 1.82) is 0 Å². The van der Waals surface area contributed by atoms with Gasteiger partial charge in [-0.05, 0) is 35.9 Å². The minimum Gasteiger partial charge on any atom is -0.453 e. The highest BCUT2D eigenvalue weighted by molar-refractivity contribution is 6.03. The Morgan fingerprint density at radius 1 is 0.706 bits per heavy atom. The summed E-state index contributed by atoms with van der Waals surface area (Å²) in [7, 11) is 0. The van der Waals surface area contributed by atoms with Gasteiger partial charge in [0.15, 0.2) is 11.6 Å². The second kappa shape index (κ2) is 7.59. The molecule has 0 aliphatic carbocycles. The first-order valence-electron chi connectivity index (χ1n) is 11.5. The normalized spacial score (nSPS) is 15.4. The molecule has 0 amide bonds. The Kier molecular flexibility index (Phi) is 4.27. The molecule has 0 bridgehead atoms. The van der Waals surface area contributed by atoms with E-state index in [0.717, 1.165) is 93.6 Å². The minimum atomic E-state index is 0.788. The first-order valence-corrected chi connectivity index (χ1v) is 11.5. The lowest BCUT2D eigenvalue weighted by Gasteiger charge is -2.03. The van der Waals surface area contributed by atoms with Crippen molar-refractivity contribution in [3.63, 3.8) is 0 Å². The molecule has 34 heavy (non-hydrogen) atoms. The summed E-state index contributed by atoms with van der Waals surface area (Å²) in [5, 5.41) is 8.82. The summed E-state index contributed by atoms with van der Waals surface area (Å²) in [6, 6.07) is 21.0. The number of rotatable bonds is 4. The van der Waals surface area contributed by atoms with Crippen LogP contribution in [0.4, 0.5) is 0 Å². The number of aliphatic imine (C=N–C) groups is 2. The van der Waals surface area contributed by atoms with Gasteiger partial charge in [-0.3, -0.25) is 15.0 Å². The summed E-state index contributed by atoms with van der Waals surface area (Å²) in [6.07, 6.45) is 1.91. The average molecular weight is 447 g/mol. The van der Waals surface area contributed by atoms with Crippen molar-refractivity contribution in [3.8, 4) is 22.5 Å². The molecule has 5 heterocycles. The number of pyridine rings is 1. The monoisotopic (exact) mass is 446 g/mol. The first-order chi connectivity index (χ1) is 16.8. The van der Waals surface area contributed by atoms with Gasteiger partial charge in [-0.15, -0.1) is 0 Å². The SMILES string of the molecule is c1cc2cc(-c3ccc(-c4ccc5cc(C6=NCCN6)oc5c4)cn3)[nH]c2cc1C1=NCCN1. The number of nitrogens with one attached hydrogen (secondary N) is 3. The van der Waals surface area contributed by atoms with Crippen molar-refractivity contribution in [2.75, 3.05) is 26.2 Å². The van der Waals surface area contributed by atoms with Crippen LogP contribution in [-0.4, -0.2) is 47.8 Å². The van der Waals surface area contributed by atoms with Gasteiger partial charge >= 0.3 is 0 Å². The number of H-pyrrole nitrogens is 1. The number of hydrogen-bond donors (Lipinski definition) is 3. The second-order valence-electron chi connectivity index (χ2n) is 8.59. The molecule has 0 unspecified atom stereocenters. The number of fused-ring (bicyclic) bond motifs is 2. The van der Waals surface area contributed by atoms with Crippen LogP contribution in [0, 0.1) is 0 Å². The molecule has 0 atom stereocenters. The maximum absolute atomic E-state index is 6.06. The summed E-state index contributed by atoms with van der Waals surface area (Å²) in [4.78, 5) is 17.2. The molecule has 7 rings (SSSR count). The molecule has 5 aromatic rings. The maximum Gasteiger partial charge on any atom is 0.170 e. The molecule has 3 N–H and O–H groups in total. The topological polar surface area (TPSA) is 90.6 Å². The van der Waals surface area contributed by atoms with E-state index in [-0.39, 0.29) is 0 Å². The quantitative estimate of drug-likeness (QED) is 0.383. The Bertz CT molecular complexity index is 1560. The molecule has 0 spiro atoms. The van der Waals surface area contributed by atoms with E-state index in [1.54, 1.807) is 0 Å². The molecule has 3 aromatic heterocycles. The minimum absolute atomic E-state index is 0.788. The number of aromatic amines is 1. The number of nitrogens with zero attached hydrogens (tertiary/aromatic N) is 3. The van der Waals surface area contributed by atoms with Crippen LogP contribution < -0.4 is 10.6 Å². The van der Waals surface area contributed by atoms with Crippen LogP contribution in [0.3, 0.4) is 0 Å². The summed E-state index contributed by atoms with van der Waals surface area (Å²) in [5.74, 6) is 2.59. The molecule has 7 heteroatoms. The Morgan fingerprint density at radius 2 is 1.50 bits per heavy atom. The number of amidine groups is 2. The number of furan rings is 1. The van der Waals surface area contributed by atoms with Crippen molar-refractivity contribution >= 4 is 33.5 Å². The lowest BCUT2D eigenvalue weighted by molar-refractivity contribution is 0.602. The fourth-order valence-corrected chi connectivity index (χ4v) is 4.62. The third kappa shape index (κ3) is 3.25. The average Bonchev–Trinajstić information content (AvgIpc) is 3.69. The predicted octanol–water partition coefficient (Wildman–Crippen LogP) is 4.34. The van der Waals surface area contributed by atoms with Gasteiger partial charge in [0.05, 0.1) is 24.5 Å². The zero-order valence-corrected chi connectivity index (χ0v) is 18.4. The van der Waals surface area contributed by atoms with Gasteiger partial charge in [0.25, 0.3) is 0 Å². The van der Waals surface area contributed by atoms with Crippen molar-refractivity contribution in [1.82, 2.24) is 20.6 Å². The molecule has 0 saturated heterocycles. The maximum atomic E-state index is 6.06. The highest BCUT2D eigenvalue weighted by atomic mass is 16.3. The van der Waals surface area contributed by atoms with Crippen LogP contribution in [0.1, 0.15) is 11.3 Å². The van der Waals surface area contributed by atoms with Crippen LogP contribution in [-0.2, 0) is 0 Å². The fourth-order valence-electron chi connectivity index (χ4n) is 4.62. The molecule has 166 valence electrons. The molecular formula is C27H22N6O. The number of benzene rings is 2. The lowest BCUT2D eigenvalue weighted by atomic mass is 10.1. The second-order valence-corrected chi connectivity index (χ2v) is 8.59. The largest absolute Gasteiger partial charge is 0.453 e. The van der Waals surface area contributed by atoms with Crippen molar-refractivity contribution in [2.45, 2.75) is 0 Å². The lowest BCUT2D eigenvalue weighted by Crippen LogP contribution is -2.19. The van der Waals surface area contributed by atoms with Crippen molar-refractivity contribution in [3.05, 3.63) is 78.2 Å². The van der Waals surface area contributed by atoms with Crippen molar-refractivity contribution < 1.29 is 4.42 Å². The smallest absolute Gasteiger partial charge is 0.170 e. The van der Waals surface area contributed by atoms with E-state index in [1.807, 2.05) is 12.3 Å². The summed E-state index contributed by atoms with van der Waals surface area (Å²) in [6.45, 7) is 3.39. The van der Waals surface area contributed by atoms with E-state index < -0.39 is 0 Å². The zero-order chi connectivity index (χ0) is 22.5. The van der Waals surface area contributed by atoms with Crippen LogP contribution in [0.2, 0.25) is 0 Å². The number of aromatic nitrogens is 2. The predicted molar refractivity (Wildman–Crippen MR) is 136 cm³/mol. The van der Waals surface area contributed by atoms with Gasteiger partial charge in [0, 0.05) is 46.7 Å². The summed E-state index contributed by atoms with van der Waals surface area (Å²) < 4.78 is 6.06. The molecule has 2 aromatic carbocycles. The Labute approximate surface area is 195 Å². The third-order valence-electron chi connectivity index (χ3n) is 6.37. The van der Waals surface area contributed by atoms with E-state index in [4.69, 9.17) is 9.40 Å².